The summed E-state index contributed by atoms with van der Waals surface area (Å²) in [6.07, 6.45) is 0. The van der Waals surface area contributed by atoms with Gasteiger partial charge in [-0.3, -0.25) is 15.0 Å². The summed E-state index contributed by atoms with van der Waals surface area (Å²) in [5.74, 6) is -1.17. The summed E-state index contributed by atoms with van der Waals surface area (Å²) in [6, 6.07) is 4.01. The molecule has 0 aliphatic carbocycles. The highest BCUT2D eigenvalue weighted by atomic mass is 35.5. The zero-order valence-corrected chi connectivity index (χ0v) is 11.5. The van der Waals surface area contributed by atoms with E-state index in [2.05, 4.69) is 0 Å². The summed E-state index contributed by atoms with van der Waals surface area (Å²) >= 11 is 0. The van der Waals surface area contributed by atoms with Crippen LogP contribution in [0.1, 0.15) is 15.9 Å². The van der Waals surface area contributed by atoms with Crippen molar-refractivity contribution >= 4 is 24.1 Å². The predicted molar refractivity (Wildman–Crippen MR) is 73.4 cm³/mol. The van der Waals surface area contributed by atoms with Crippen LogP contribution in [0.15, 0.2) is 18.2 Å². The molecule has 1 N–H and O–H groups in total. The van der Waals surface area contributed by atoms with Crippen LogP contribution in [0.25, 0.3) is 0 Å². The quantitative estimate of drug-likeness (QED) is 0.670. The van der Waals surface area contributed by atoms with Gasteiger partial charge in [-0.05, 0) is 6.07 Å². The van der Waals surface area contributed by atoms with Gasteiger partial charge < -0.3 is 9.84 Å². The molecule has 1 saturated heterocycles. The van der Waals surface area contributed by atoms with Gasteiger partial charge in [0.2, 0.25) is 0 Å². The molecule has 110 valence electrons. The van der Waals surface area contributed by atoms with E-state index in [1.807, 2.05) is 4.90 Å². The summed E-state index contributed by atoms with van der Waals surface area (Å²) in [5, 5.41) is 19.9. The first-order chi connectivity index (χ1) is 9.08. The number of nitro benzene ring substituents is 1. The highest BCUT2D eigenvalue weighted by Crippen LogP contribution is 2.22. The summed E-state index contributed by atoms with van der Waals surface area (Å²) in [5.41, 5.74) is 0.306. The summed E-state index contributed by atoms with van der Waals surface area (Å²) in [7, 11) is 0. The molecule has 0 amide bonds. The second-order valence-electron chi connectivity index (χ2n) is 4.29. The van der Waals surface area contributed by atoms with Gasteiger partial charge in [-0.2, -0.15) is 0 Å². The lowest BCUT2D eigenvalue weighted by molar-refractivity contribution is -0.385. The van der Waals surface area contributed by atoms with Crippen molar-refractivity contribution in [3.8, 4) is 0 Å². The van der Waals surface area contributed by atoms with E-state index in [1.54, 1.807) is 0 Å². The first kappa shape index (κ1) is 16.4. The summed E-state index contributed by atoms with van der Waals surface area (Å²) in [6.45, 7) is 3.09. The van der Waals surface area contributed by atoms with Crippen molar-refractivity contribution in [1.82, 2.24) is 4.90 Å². The third kappa shape index (κ3) is 3.89. The minimum absolute atomic E-state index is 0. The Kier molecular flexibility index (Phi) is 5.87. The van der Waals surface area contributed by atoms with Crippen LogP contribution in [-0.4, -0.2) is 47.2 Å². The first-order valence-corrected chi connectivity index (χ1v) is 5.88. The fourth-order valence-electron chi connectivity index (χ4n) is 2.00. The number of hydrogen-bond acceptors (Lipinski definition) is 5. The smallest absolute Gasteiger partial charge is 0.335 e. The molecule has 0 radical (unpaired) electrons. The summed E-state index contributed by atoms with van der Waals surface area (Å²) in [4.78, 5) is 23.3. The number of hydrogen-bond donors (Lipinski definition) is 1. The van der Waals surface area contributed by atoms with Gasteiger partial charge in [-0.25, -0.2) is 4.79 Å². The van der Waals surface area contributed by atoms with Crippen LogP contribution in [0.5, 0.6) is 0 Å². The first-order valence-electron chi connectivity index (χ1n) is 5.88. The van der Waals surface area contributed by atoms with Gasteiger partial charge in [-0.15, -0.1) is 12.4 Å². The van der Waals surface area contributed by atoms with E-state index < -0.39 is 10.9 Å². The molecule has 0 aromatic heterocycles. The van der Waals surface area contributed by atoms with Crippen LogP contribution < -0.4 is 0 Å². The highest BCUT2D eigenvalue weighted by molar-refractivity contribution is 5.88. The Morgan fingerprint density at radius 3 is 2.60 bits per heavy atom. The SMILES string of the molecule is Cl.O=C(O)c1ccc(CN2CCOCC2)c([N+](=O)[O-])c1. The maximum atomic E-state index is 11.0. The zero-order valence-electron chi connectivity index (χ0n) is 10.7. The molecular formula is C12H15ClN2O5. The van der Waals surface area contributed by atoms with Crippen molar-refractivity contribution in [1.29, 1.82) is 0 Å². The average Bonchev–Trinajstić information content (AvgIpc) is 2.39. The lowest BCUT2D eigenvalue weighted by atomic mass is 10.1. The van der Waals surface area contributed by atoms with E-state index >= 15 is 0 Å². The molecule has 0 bridgehead atoms. The number of carboxylic acids is 1. The van der Waals surface area contributed by atoms with E-state index in [0.29, 0.717) is 25.3 Å². The van der Waals surface area contributed by atoms with Gasteiger partial charge in [0, 0.05) is 31.3 Å². The molecule has 2 rings (SSSR count). The lowest BCUT2D eigenvalue weighted by Crippen LogP contribution is -2.35. The van der Waals surface area contributed by atoms with Crippen LogP contribution in [0.2, 0.25) is 0 Å². The normalized spacial score (nSPS) is 15.4. The lowest BCUT2D eigenvalue weighted by Gasteiger charge is -2.26. The zero-order chi connectivity index (χ0) is 13.8. The van der Waals surface area contributed by atoms with Gasteiger partial charge in [0.25, 0.3) is 5.69 Å². The van der Waals surface area contributed by atoms with E-state index in [4.69, 9.17) is 9.84 Å². The van der Waals surface area contributed by atoms with Crippen LogP contribution in [0.4, 0.5) is 5.69 Å². The minimum atomic E-state index is -1.17. The van der Waals surface area contributed by atoms with Gasteiger partial charge >= 0.3 is 5.97 Å². The van der Waals surface area contributed by atoms with Gasteiger partial charge in [0.05, 0.1) is 23.7 Å². The van der Waals surface area contributed by atoms with Crippen molar-refractivity contribution in [3.05, 3.63) is 39.4 Å². The molecule has 0 saturated carbocycles. The van der Waals surface area contributed by atoms with Crippen LogP contribution in [-0.2, 0) is 11.3 Å². The molecule has 20 heavy (non-hydrogen) atoms. The minimum Gasteiger partial charge on any atom is -0.478 e. The Bertz CT molecular complexity index is 503. The van der Waals surface area contributed by atoms with Crippen LogP contribution in [0, 0.1) is 10.1 Å². The molecule has 0 atom stereocenters. The van der Waals surface area contributed by atoms with Crippen LogP contribution >= 0.6 is 12.4 Å². The molecule has 1 heterocycles. The van der Waals surface area contributed by atoms with E-state index in [0.717, 1.165) is 19.2 Å². The summed E-state index contributed by atoms with van der Waals surface area (Å²) < 4.78 is 5.21. The monoisotopic (exact) mass is 302 g/mol. The van der Waals surface area contributed by atoms with Crippen molar-refractivity contribution in [2.45, 2.75) is 6.54 Å². The number of rotatable bonds is 4. The highest BCUT2D eigenvalue weighted by Gasteiger charge is 2.20. The number of halogens is 1. The Labute approximate surface area is 121 Å². The molecular weight excluding hydrogens is 288 g/mol. The Hall–Kier alpha value is -1.70. The number of aromatic carboxylic acids is 1. The van der Waals surface area contributed by atoms with E-state index in [-0.39, 0.29) is 23.7 Å². The van der Waals surface area contributed by atoms with E-state index in [9.17, 15) is 14.9 Å². The molecule has 1 aromatic rings. The molecule has 0 unspecified atom stereocenters. The third-order valence-corrected chi connectivity index (χ3v) is 3.03. The number of ether oxygens (including phenoxy) is 1. The van der Waals surface area contributed by atoms with Gasteiger partial charge in [0.1, 0.15) is 0 Å². The number of morpholine rings is 1. The molecule has 8 heteroatoms. The Morgan fingerprint density at radius 1 is 1.40 bits per heavy atom. The largest absolute Gasteiger partial charge is 0.478 e. The maximum absolute atomic E-state index is 11.0. The number of carboxylic acid groups (broad SMARTS) is 1. The number of nitrogens with zero attached hydrogens (tertiary/aromatic N) is 2. The molecule has 1 aromatic carbocycles. The van der Waals surface area contributed by atoms with Crippen molar-refractivity contribution in [3.63, 3.8) is 0 Å². The Balaban J connectivity index is 0.00000200. The molecule has 7 nitrogen and oxygen atoms in total. The number of carbonyl (C=O) groups is 1. The van der Waals surface area contributed by atoms with Crippen molar-refractivity contribution in [2.24, 2.45) is 0 Å². The Morgan fingerprint density at radius 2 is 2.05 bits per heavy atom. The fraction of sp³-hybridized carbons (Fsp3) is 0.417. The molecule has 1 aliphatic heterocycles. The third-order valence-electron chi connectivity index (χ3n) is 3.03. The van der Waals surface area contributed by atoms with Gasteiger partial charge in [-0.1, -0.05) is 6.07 Å². The number of nitro groups is 1. The number of benzene rings is 1. The second-order valence-corrected chi connectivity index (χ2v) is 4.29. The molecule has 1 fully saturated rings. The maximum Gasteiger partial charge on any atom is 0.335 e. The molecule has 0 spiro atoms. The standard InChI is InChI=1S/C12H14N2O5.ClH/c15-12(16)9-1-2-10(11(7-9)14(17)18)8-13-3-5-19-6-4-13;/h1-2,7H,3-6,8H2,(H,15,16);1H. The average molecular weight is 303 g/mol. The fourth-order valence-corrected chi connectivity index (χ4v) is 2.00. The molecule has 1 aliphatic rings. The van der Waals surface area contributed by atoms with Crippen molar-refractivity contribution in [2.75, 3.05) is 26.3 Å². The van der Waals surface area contributed by atoms with E-state index in [1.165, 1.54) is 12.1 Å². The van der Waals surface area contributed by atoms with Gasteiger partial charge in [0.15, 0.2) is 0 Å². The predicted octanol–water partition coefficient (Wildman–Crippen LogP) is 1.55. The second kappa shape index (κ2) is 7.18. The van der Waals surface area contributed by atoms with Crippen molar-refractivity contribution < 1.29 is 19.6 Å². The van der Waals surface area contributed by atoms with Crippen LogP contribution in [0.3, 0.4) is 0 Å². The topological polar surface area (TPSA) is 92.9 Å².